The van der Waals surface area contributed by atoms with Gasteiger partial charge in [0, 0.05) is 36.6 Å². The van der Waals surface area contributed by atoms with E-state index in [2.05, 4.69) is 33.7 Å². The van der Waals surface area contributed by atoms with E-state index in [1.165, 1.54) is 30.5 Å². The first-order valence-electron chi connectivity index (χ1n) is 10.6. The Morgan fingerprint density at radius 3 is 3.00 bits per heavy atom. The maximum absolute atomic E-state index is 14.2. The Morgan fingerprint density at radius 2 is 2.16 bits per heavy atom. The van der Waals surface area contributed by atoms with Crippen LogP contribution in [0.4, 0.5) is 4.39 Å². The summed E-state index contributed by atoms with van der Waals surface area (Å²) >= 11 is 0. The second-order valence-corrected chi connectivity index (χ2v) is 8.44. The van der Waals surface area contributed by atoms with Crippen molar-refractivity contribution in [1.29, 1.82) is 0 Å². The number of rotatable bonds is 5. The van der Waals surface area contributed by atoms with E-state index in [0.717, 1.165) is 35.7 Å². The number of hydrogen-bond donors (Lipinski definition) is 2. The normalized spacial score (nSPS) is 21.4. The molecule has 1 fully saturated rings. The quantitative estimate of drug-likeness (QED) is 0.719. The van der Waals surface area contributed by atoms with Crippen LogP contribution in [0.2, 0.25) is 0 Å². The van der Waals surface area contributed by atoms with Gasteiger partial charge in [-0.15, -0.1) is 0 Å². The first kappa shape index (κ1) is 19.8. The van der Waals surface area contributed by atoms with Crippen molar-refractivity contribution in [2.24, 2.45) is 16.8 Å². The highest BCUT2D eigenvalue weighted by Crippen LogP contribution is 2.34. The van der Waals surface area contributed by atoms with Crippen LogP contribution in [0.3, 0.4) is 0 Å². The first-order valence-corrected chi connectivity index (χ1v) is 10.6. The van der Waals surface area contributed by atoms with Crippen LogP contribution in [-0.2, 0) is 13.1 Å². The minimum absolute atomic E-state index is 0.242. The zero-order valence-corrected chi connectivity index (χ0v) is 17.6. The summed E-state index contributed by atoms with van der Waals surface area (Å²) in [5.41, 5.74) is 7.34. The number of likely N-dealkylation sites (tertiary alicyclic amines) is 1. The molecule has 9 heteroatoms. The zero-order valence-electron chi connectivity index (χ0n) is 17.6. The number of hydrogen-bond acceptors (Lipinski definition) is 7. The van der Waals surface area contributed by atoms with E-state index < -0.39 is 0 Å². The molecule has 31 heavy (non-hydrogen) atoms. The van der Waals surface area contributed by atoms with Gasteiger partial charge in [0.15, 0.2) is 0 Å². The van der Waals surface area contributed by atoms with E-state index in [1.54, 1.807) is 24.7 Å². The van der Waals surface area contributed by atoms with Crippen molar-refractivity contribution in [2.75, 3.05) is 20.1 Å². The molecule has 3 aliphatic heterocycles. The number of fused-ring (bicyclic) bond motifs is 1. The average molecular weight is 423 g/mol. The molecule has 162 valence electrons. The molecule has 4 heterocycles. The van der Waals surface area contributed by atoms with Gasteiger partial charge in [-0.05, 0) is 38.4 Å². The number of aliphatic imine (C=N–C) groups is 1. The van der Waals surface area contributed by atoms with Gasteiger partial charge in [0.05, 0.1) is 18.4 Å². The molecule has 1 aromatic carbocycles. The SMILES string of the molecule is CN1CCCC(Cn2cc(C3=C4N=CN(N)C=C4N(Cc4ccccc4F)N3)cn2)C1. The lowest BCUT2D eigenvalue weighted by atomic mass is 9.99. The highest BCUT2D eigenvalue weighted by Gasteiger charge is 2.31. The summed E-state index contributed by atoms with van der Waals surface area (Å²) in [5, 5.41) is 7.87. The largest absolute Gasteiger partial charge is 0.306 e. The molecule has 1 aromatic heterocycles. The van der Waals surface area contributed by atoms with Crippen molar-refractivity contribution in [3.63, 3.8) is 0 Å². The van der Waals surface area contributed by atoms with E-state index in [1.807, 2.05) is 22.0 Å². The molecule has 0 amide bonds. The molecule has 0 spiro atoms. The van der Waals surface area contributed by atoms with Gasteiger partial charge in [-0.3, -0.25) is 20.1 Å². The second kappa shape index (κ2) is 8.16. The van der Waals surface area contributed by atoms with Gasteiger partial charge in [-0.2, -0.15) is 5.10 Å². The molecule has 8 nitrogen and oxygen atoms in total. The molecular weight excluding hydrogens is 395 g/mol. The van der Waals surface area contributed by atoms with Gasteiger partial charge in [0.25, 0.3) is 0 Å². The van der Waals surface area contributed by atoms with Crippen LogP contribution >= 0.6 is 0 Å². The summed E-state index contributed by atoms with van der Waals surface area (Å²) in [6, 6.07) is 6.77. The number of hydrazine groups is 2. The van der Waals surface area contributed by atoms with E-state index in [-0.39, 0.29) is 5.82 Å². The molecule has 5 rings (SSSR count). The molecule has 1 unspecified atom stereocenters. The lowest BCUT2D eigenvalue weighted by molar-refractivity contribution is 0.190. The second-order valence-electron chi connectivity index (χ2n) is 8.44. The maximum Gasteiger partial charge on any atom is 0.128 e. The Morgan fingerprint density at radius 1 is 1.29 bits per heavy atom. The third-order valence-electron chi connectivity index (χ3n) is 5.98. The van der Waals surface area contributed by atoms with Gasteiger partial charge in [0.2, 0.25) is 0 Å². The van der Waals surface area contributed by atoms with Crippen molar-refractivity contribution in [2.45, 2.75) is 25.9 Å². The summed E-state index contributed by atoms with van der Waals surface area (Å²) in [5.74, 6) is 6.28. The number of nitrogens with one attached hydrogen (secondary N) is 1. The van der Waals surface area contributed by atoms with Gasteiger partial charge in [-0.1, -0.05) is 18.2 Å². The predicted octanol–water partition coefficient (Wildman–Crippen LogP) is 2.11. The zero-order chi connectivity index (χ0) is 21.4. The van der Waals surface area contributed by atoms with E-state index in [4.69, 9.17) is 5.84 Å². The number of nitrogens with zero attached hydrogens (tertiary/aromatic N) is 6. The third-order valence-corrected chi connectivity index (χ3v) is 5.98. The summed E-state index contributed by atoms with van der Waals surface area (Å²) in [4.78, 5) is 6.91. The highest BCUT2D eigenvalue weighted by molar-refractivity contribution is 5.77. The highest BCUT2D eigenvalue weighted by atomic mass is 19.1. The van der Waals surface area contributed by atoms with Gasteiger partial charge >= 0.3 is 0 Å². The number of nitrogens with two attached hydrogens (primary N) is 1. The fraction of sp³-hybridized carbons (Fsp3) is 0.364. The average Bonchev–Trinajstić information content (AvgIpc) is 3.34. The van der Waals surface area contributed by atoms with Crippen LogP contribution in [0.25, 0.3) is 5.70 Å². The van der Waals surface area contributed by atoms with Crippen molar-refractivity contribution in [3.8, 4) is 0 Å². The molecule has 1 atom stereocenters. The molecule has 3 aliphatic rings. The lowest BCUT2D eigenvalue weighted by Crippen LogP contribution is -2.34. The van der Waals surface area contributed by atoms with Crippen LogP contribution in [0, 0.1) is 11.7 Å². The molecule has 2 aromatic rings. The number of halogens is 1. The number of aromatic nitrogens is 2. The Bertz CT molecular complexity index is 1060. The van der Waals surface area contributed by atoms with E-state index >= 15 is 0 Å². The molecule has 0 aliphatic carbocycles. The molecular formula is C22H27FN8. The molecule has 0 saturated carbocycles. The summed E-state index contributed by atoms with van der Waals surface area (Å²) < 4.78 is 16.3. The third kappa shape index (κ3) is 4.06. The molecule has 1 saturated heterocycles. The van der Waals surface area contributed by atoms with Crippen molar-refractivity contribution in [3.05, 3.63) is 71.2 Å². The minimum atomic E-state index is -0.242. The van der Waals surface area contributed by atoms with Crippen LogP contribution in [0.5, 0.6) is 0 Å². The van der Waals surface area contributed by atoms with Crippen LogP contribution in [0.15, 0.2) is 59.2 Å². The Balaban J connectivity index is 1.38. The minimum Gasteiger partial charge on any atom is -0.306 e. The number of benzene rings is 1. The van der Waals surface area contributed by atoms with Crippen molar-refractivity contribution < 1.29 is 4.39 Å². The van der Waals surface area contributed by atoms with Crippen molar-refractivity contribution in [1.82, 2.24) is 30.1 Å². The predicted molar refractivity (Wildman–Crippen MR) is 117 cm³/mol. The molecule has 0 radical (unpaired) electrons. The standard InChI is InChI=1S/C22H27FN8/c1-28-8-4-5-16(10-28)11-30-12-18(9-26-30)21-22-20(14-29(24)15-25-22)31(27-21)13-17-6-2-3-7-19(17)23/h2-3,6-7,9,12,14-16,27H,4-5,8,10-11,13,24H2,1H3. The van der Waals surface area contributed by atoms with Gasteiger partial charge < -0.3 is 4.90 Å². The summed E-state index contributed by atoms with van der Waals surface area (Å²) in [7, 11) is 2.18. The molecule has 0 bridgehead atoms. The smallest absolute Gasteiger partial charge is 0.128 e. The topological polar surface area (TPSA) is 78.0 Å². The number of piperidine rings is 1. The fourth-order valence-corrected chi connectivity index (χ4v) is 4.47. The monoisotopic (exact) mass is 422 g/mol. The van der Waals surface area contributed by atoms with E-state index in [0.29, 0.717) is 18.0 Å². The Kier molecular flexibility index (Phi) is 5.21. The Labute approximate surface area is 181 Å². The van der Waals surface area contributed by atoms with Crippen LogP contribution in [-0.4, -0.2) is 51.2 Å². The fourth-order valence-electron chi connectivity index (χ4n) is 4.47. The summed E-state index contributed by atoms with van der Waals surface area (Å²) in [6.45, 7) is 3.51. The lowest BCUT2D eigenvalue weighted by Gasteiger charge is -2.29. The first-order chi connectivity index (χ1) is 15.1. The maximum atomic E-state index is 14.2. The van der Waals surface area contributed by atoms with Crippen LogP contribution in [0.1, 0.15) is 24.0 Å². The molecule has 3 N–H and O–H groups in total. The van der Waals surface area contributed by atoms with Crippen LogP contribution < -0.4 is 11.3 Å². The summed E-state index contributed by atoms with van der Waals surface area (Å²) in [6.07, 6.45) is 9.72. The van der Waals surface area contributed by atoms with E-state index in [9.17, 15) is 4.39 Å². The van der Waals surface area contributed by atoms with Gasteiger partial charge in [0.1, 0.15) is 23.5 Å². The van der Waals surface area contributed by atoms with Crippen molar-refractivity contribution >= 4 is 12.0 Å². The Hall–Kier alpha value is -3.17. The van der Waals surface area contributed by atoms with Gasteiger partial charge in [-0.25, -0.2) is 15.2 Å².